The van der Waals surface area contributed by atoms with Crippen LogP contribution in [0.1, 0.15) is 24.2 Å². The number of hydrogen-bond acceptors (Lipinski definition) is 6. The molecule has 7 heteroatoms. The molecule has 0 radical (unpaired) electrons. The molecule has 0 N–H and O–H groups in total. The Labute approximate surface area is 163 Å². The lowest BCUT2D eigenvalue weighted by atomic mass is 9.87. The van der Waals surface area contributed by atoms with E-state index in [9.17, 15) is 0 Å². The quantitative estimate of drug-likeness (QED) is 0.699. The molecule has 0 atom stereocenters. The zero-order valence-electron chi connectivity index (χ0n) is 16.1. The number of hydrogen-bond donors (Lipinski definition) is 0. The van der Waals surface area contributed by atoms with Crippen molar-refractivity contribution in [3.05, 3.63) is 54.0 Å². The van der Waals surface area contributed by atoms with Crippen LogP contribution < -0.4 is 14.4 Å². The van der Waals surface area contributed by atoms with Crippen molar-refractivity contribution in [2.24, 2.45) is 0 Å². The predicted molar refractivity (Wildman–Crippen MR) is 105 cm³/mol. The fraction of sp³-hybridized carbons (Fsp3) is 0.381. The third-order valence-electron chi connectivity index (χ3n) is 5.77. The fourth-order valence-electron chi connectivity index (χ4n) is 4.24. The van der Waals surface area contributed by atoms with Gasteiger partial charge in [0.05, 0.1) is 19.0 Å². The van der Waals surface area contributed by atoms with Crippen molar-refractivity contribution < 1.29 is 9.47 Å². The molecule has 2 aromatic heterocycles. The van der Waals surface area contributed by atoms with E-state index in [1.807, 2.05) is 25.1 Å². The number of fused-ring (bicyclic) bond motifs is 1. The molecular formula is C21H23N5O2. The third kappa shape index (κ3) is 2.78. The van der Waals surface area contributed by atoms with Gasteiger partial charge in [0.25, 0.3) is 0 Å². The number of pyridine rings is 1. The molecular weight excluding hydrogens is 354 g/mol. The summed E-state index contributed by atoms with van der Waals surface area (Å²) in [6.45, 7) is 3.73. The normalized spacial score (nSPS) is 17.4. The predicted octanol–water partition coefficient (Wildman–Crippen LogP) is 2.95. The summed E-state index contributed by atoms with van der Waals surface area (Å²) in [5, 5.41) is 8.77. The first-order valence-corrected chi connectivity index (χ1v) is 9.62. The van der Waals surface area contributed by atoms with Crippen LogP contribution in [0.4, 0.5) is 5.95 Å². The summed E-state index contributed by atoms with van der Waals surface area (Å²) in [6.07, 6.45) is 4.72. The monoisotopic (exact) mass is 377 g/mol. The summed E-state index contributed by atoms with van der Waals surface area (Å²) in [7, 11) is 1.62. The lowest BCUT2D eigenvalue weighted by Gasteiger charge is -2.39. The maximum atomic E-state index is 6.37. The molecule has 1 saturated heterocycles. The number of aryl methyl sites for hydroxylation is 1. The SMILES string of the molecule is COc1ccc(-n2c(C)nnc2N2CCC3(CC2)Cc2ccccc2O3)cn1. The number of aromatic nitrogens is 4. The average Bonchev–Trinajstić information content (AvgIpc) is 3.29. The van der Waals surface area contributed by atoms with E-state index in [0.717, 1.165) is 55.6 Å². The van der Waals surface area contributed by atoms with Crippen LogP contribution in [0.2, 0.25) is 0 Å². The number of anilines is 1. The Kier molecular flexibility index (Phi) is 3.96. The molecule has 0 amide bonds. The number of piperidine rings is 1. The Morgan fingerprint density at radius 3 is 2.61 bits per heavy atom. The van der Waals surface area contributed by atoms with Crippen LogP contribution in [0.15, 0.2) is 42.6 Å². The van der Waals surface area contributed by atoms with Crippen LogP contribution in [0.25, 0.3) is 5.69 Å². The second-order valence-corrected chi connectivity index (χ2v) is 7.50. The highest BCUT2D eigenvalue weighted by molar-refractivity contribution is 5.45. The summed E-state index contributed by atoms with van der Waals surface area (Å²) < 4.78 is 13.6. The average molecular weight is 377 g/mol. The van der Waals surface area contributed by atoms with Gasteiger partial charge in [0, 0.05) is 38.4 Å². The Bertz CT molecular complexity index is 963. The molecule has 28 heavy (non-hydrogen) atoms. The van der Waals surface area contributed by atoms with Crippen LogP contribution in [-0.2, 0) is 6.42 Å². The van der Waals surface area contributed by atoms with E-state index in [-0.39, 0.29) is 5.60 Å². The topological polar surface area (TPSA) is 65.3 Å². The van der Waals surface area contributed by atoms with Gasteiger partial charge in [-0.25, -0.2) is 4.98 Å². The van der Waals surface area contributed by atoms with E-state index >= 15 is 0 Å². The number of rotatable bonds is 3. The molecule has 4 heterocycles. The van der Waals surface area contributed by atoms with E-state index in [1.165, 1.54) is 5.56 Å². The first-order valence-electron chi connectivity index (χ1n) is 9.62. The van der Waals surface area contributed by atoms with E-state index in [4.69, 9.17) is 9.47 Å². The minimum atomic E-state index is -0.0816. The molecule has 2 aliphatic rings. The fourth-order valence-corrected chi connectivity index (χ4v) is 4.24. The lowest BCUT2D eigenvalue weighted by Crippen LogP contribution is -2.48. The second-order valence-electron chi connectivity index (χ2n) is 7.50. The Morgan fingerprint density at radius 1 is 1.07 bits per heavy atom. The molecule has 1 spiro atoms. The minimum absolute atomic E-state index is 0.0816. The molecule has 144 valence electrons. The minimum Gasteiger partial charge on any atom is -0.487 e. The van der Waals surface area contributed by atoms with Gasteiger partial charge in [-0.3, -0.25) is 4.57 Å². The summed E-state index contributed by atoms with van der Waals surface area (Å²) in [6, 6.07) is 12.2. The molecule has 0 aliphatic carbocycles. The van der Waals surface area contributed by atoms with Crippen LogP contribution in [0.5, 0.6) is 11.6 Å². The maximum Gasteiger partial charge on any atom is 0.231 e. The lowest BCUT2D eigenvalue weighted by molar-refractivity contribution is 0.0664. The Balaban J connectivity index is 1.36. The number of methoxy groups -OCH3 is 1. The molecule has 0 unspecified atom stereocenters. The van der Waals surface area contributed by atoms with Gasteiger partial charge in [-0.05, 0) is 24.6 Å². The van der Waals surface area contributed by atoms with E-state index in [2.05, 4.69) is 42.8 Å². The van der Waals surface area contributed by atoms with Crippen LogP contribution in [0.3, 0.4) is 0 Å². The molecule has 1 fully saturated rings. The largest absolute Gasteiger partial charge is 0.487 e. The van der Waals surface area contributed by atoms with Gasteiger partial charge in [-0.2, -0.15) is 0 Å². The summed E-state index contributed by atoms with van der Waals surface area (Å²) >= 11 is 0. The summed E-state index contributed by atoms with van der Waals surface area (Å²) in [4.78, 5) is 6.62. The molecule has 0 saturated carbocycles. The van der Waals surface area contributed by atoms with Gasteiger partial charge in [-0.1, -0.05) is 18.2 Å². The van der Waals surface area contributed by atoms with Crippen molar-refractivity contribution in [2.45, 2.75) is 31.8 Å². The summed E-state index contributed by atoms with van der Waals surface area (Å²) in [5.41, 5.74) is 2.17. The highest BCUT2D eigenvalue weighted by atomic mass is 16.5. The molecule has 1 aromatic carbocycles. The van der Waals surface area contributed by atoms with Crippen molar-refractivity contribution in [3.63, 3.8) is 0 Å². The van der Waals surface area contributed by atoms with E-state index < -0.39 is 0 Å². The van der Waals surface area contributed by atoms with Gasteiger partial charge >= 0.3 is 0 Å². The van der Waals surface area contributed by atoms with Gasteiger partial charge in [-0.15, -0.1) is 10.2 Å². The Morgan fingerprint density at radius 2 is 1.89 bits per heavy atom. The number of para-hydroxylation sites is 1. The van der Waals surface area contributed by atoms with E-state index in [0.29, 0.717) is 5.88 Å². The van der Waals surface area contributed by atoms with Gasteiger partial charge in [0.15, 0.2) is 0 Å². The van der Waals surface area contributed by atoms with Crippen LogP contribution in [-0.4, -0.2) is 45.5 Å². The van der Waals surface area contributed by atoms with Crippen LogP contribution in [0, 0.1) is 6.92 Å². The molecule has 0 bridgehead atoms. The maximum absolute atomic E-state index is 6.37. The van der Waals surface area contributed by atoms with Gasteiger partial charge < -0.3 is 14.4 Å². The highest BCUT2D eigenvalue weighted by Gasteiger charge is 2.42. The van der Waals surface area contributed by atoms with Crippen molar-refractivity contribution in [3.8, 4) is 17.3 Å². The van der Waals surface area contributed by atoms with Crippen LogP contribution >= 0.6 is 0 Å². The Hall–Kier alpha value is -3.09. The van der Waals surface area contributed by atoms with E-state index in [1.54, 1.807) is 13.3 Å². The van der Waals surface area contributed by atoms with Crippen molar-refractivity contribution in [1.82, 2.24) is 19.7 Å². The zero-order chi connectivity index (χ0) is 19.1. The third-order valence-corrected chi connectivity index (χ3v) is 5.77. The standard InChI is InChI=1S/C21H23N5O2/c1-15-23-24-20(26(15)17-7-8-19(27-2)22-14-17)25-11-9-21(10-12-25)13-16-5-3-4-6-18(16)28-21/h3-8,14H,9-13H2,1-2H3. The number of benzene rings is 1. The molecule has 7 nitrogen and oxygen atoms in total. The second kappa shape index (κ2) is 6.51. The molecule has 2 aliphatic heterocycles. The van der Waals surface area contributed by atoms with Crippen molar-refractivity contribution in [2.75, 3.05) is 25.1 Å². The first-order chi connectivity index (χ1) is 13.7. The molecule has 5 rings (SSSR count). The first kappa shape index (κ1) is 17.0. The van der Waals surface area contributed by atoms with Crippen molar-refractivity contribution in [1.29, 1.82) is 0 Å². The zero-order valence-corrected chi connectivity index (χ0v) is 16.1. The number of ether oxygens (including phenoxy) is 2. The van der Waals surface area contributed by atoms with Gasteiger partial charge in [0.1, 0.15) is 17.2 Å². The highest BCUT2D eigenvalue weighted by Crippen LogP contribution is 2.41. The number of nitrogens with zero attached hydrogens (tertiary/aromatic N) is 5. The molecule has 3 aromatic rings. The smallest absolute Gasteiger partial charge is 0.231 e. The van der Waals surface area contributed by atoms with Gasteiger partial charge in [0.2, 0.25) is 11.8 Å². The summed E-state index contributed by atoms with van der Waals surface area (Å²) in [5.74, 6) is 3.33. The van der Waals surface area contributed by atoms with Crippen molar-refractivity contribution >= 4 is 5.95 Å².